The van der Waals surface area contributed by atoms with Crippen LogP contribution in [0.1, 0.15) is 17.2 Å². The van der Waals surface area contributed by atoms with E-state index >= 15 is 0 Å². The van der Waals surface area contributed by atoms with Gasteiger partial charge in [-0.15, -0.1) is 0 Å². The number of quaternary nitrogens is 2. The number of nitrogens with two attached hydrogens (primary N) is 1. The molecule has 5 heteroatoms. The molecule has 0 aliphatic heterocycles. The lowest BCUT2D eigenvalue weighted by molar-refractivity contribution is -0.910. The highest BCUT2D eigenvalue weighted by molar-refractivity contribution is 6.06. The van der Waals surface area contributed by atoms with E-state index in [0.717, 1.165) is 34.0 Å². The van der Waals surface area contributed by atoms with Gasteiger partial charge in [0, 0.05) is 17.0 Å². The van der Waals surface area contributed by atoms with Crippen molar-refractivity contribution in [3.63, 3.8) is 0 Å². The van der Waals surface area contributed by atoms with Crippen molar-refractivity contribution in [3.8, 4) is 5.75 Å². The topological polar surface area (TPSA) is 60.5 Å². The Morgan fingerprint density at radius 3 is 2.60 bits per heavy atom. The maximum atomic E-state index is 12.1. The lowest BCUT2D eigenvalue weighted by Gasteiger charge is -2.22. The van der Waals surface area contributed by atoms with Crippen molar-refractivity contribution in [2.24, 2.45) is 0 Å². The summed E-state index contributed by atoms with van der Waals surface area (Å²) in [4.78, 5) is 13.5. The maximum absolute atomic E-state index is 12.1. The molecule has 0 bridgehead atoms. The number of para-hydroxylation sites is 1. The van der Waals surface area contributed by atoms with E-state index in [1.54, 1.807) is 13.2 Å². The van der Waals surface area contributed by atoms with Crippen molar-refractivity contribution < 1.29 is 19.4 Å². The number of nitrogens with one attached hydrogen (secondary N) is 1. The summed E-state index contributed by atoms with van der Waals surface area (Å²) in [7, 11) is 6.03. The molecular weight excluding hydrogens is 376 g/mol. The molecular formula is C25H28N2O3+2. The number of rotatable bonds is 7. The minimum atomic E-state index is -0.305. The summed E-state index contributed by atoms with van der Waals surface area (Å²) in [5.41, 5.74) is 2.54. The zero-order valence-corrected chi connectivity index (χ0v) is 17.6. The first-order chi connectivity index (χ1) is 14.6. The van der Waals surface area contributed by atoms with Crippen molar-refractivity contribution in [1.29, 1.82) is 0 Å². The Hall–Kier alpha value is -3.15. The first-order valence-corrected chi connectivity index (χ1v) is 10.3. The third-order valence-corrected chi connectivity index (χ3v) is 5.69. The van der Waals surface area contributed by atoms with Gasteiger partial charge in [0.25, 0.3) is 0 Å². The summed E-state index contributed by atoms with van der Waals surface area (Å²) >= 11 is 0. The van der Waals surface area contributed by atoms with Crippen LogP contribution in [-0.2, 0) is 6.54 Å². The summed E-state index contributed by atoms with van der Waals surface area (Å²) in [5, 5.41) is 5.54. The summed E-state index contributed by atoms with van der Waals surface area (Å²) in [6.07, 6.45) is 0. The van der Waals surface area contributed by atoms with Crippen molar-refractivity contribution >= 4 is 21.7 Å². The molecule has 4 rings (SSSR count). The van der Waals surface area contributed by atoms with Gasteiger partial charge < -0.3 is 19.4 Å². The molecule has 0 spiro atoms. The van der Waals surface area contributed by atoms with E-state index in [0.29, 0.717) is 12.1 Å². The zero-order chi connectivity index (χ0) is 21.1. The molecule has 0 saturated carbocycles. The predicted molar refractivity (Wildman–Crippen MR) is 119 cm³/mol. The average molecular weight is 405 g/mol. The van der Waals surface area contributed by atoms with Crippen molar-refractivity contribution in [3.05, 3.63) is 88.3 Å². The van der Waals surface area contributed by atoms with Gasteiger partial charge in [-0.05, 0) is 29.0 Å². The Bertz CT molecular complexity index is 1230. The number of hydrogen-bond donors (Lipinski definition) is 2. The molecule has 0 fully saturated rings. The monoisotopic (exact) mass is 404 g/mol. The zero-order valence-electron chi connectivity index (χ0n) is 17.6. The van der Waals surface area contributed by atoms with Gasteiger partial charge in [-0.1, -0.05) is 42.5 Å². The van der Waals surface area contributed by atoms with Crippen LogP contribution < -0.4 is 20.6 Å². The molecule has 1 atom stereocenters. The van der Waals surface area contributed by atoms with Crippen LogP contribution in [0.15, 0.2) is 75.9 Å². The Morgan fingerprint density at radius 2 is 1.80 bits per heavy atom. The molecule has 0 amide bonds. The number of likely N-dealkylation sites (N-methyl/N-ethyl adjacent to an activating group) is 1. The van der Waals surface area contributed by atoms with Crippen LogP contribution in [0.2, 0.25) is 0 Å². The smallest absolute Gasteiger partial charge is 0.336 e. The Labute approximate surface area is 175 Å². The fraction of sp³-hybridized carbons (Fsp3) is 0.240. The lowest BCUT2D eigenvalue weighted by atomic mass is 10.0. The molecule has 0 aliphatic carbocycles. The second-order valence-electron chi connectivity index (χ2n) is 7.85. The third-order valence-electron chi connectivity index (χ3n) is 5.69. The molecule has 5 nitrogen and oxygen atoms in total. The Morgan fingerprint density at radius 1 is 1.03 bits per heavy atom. The quantitative estimate of drug-likeness (QED) is 0.365. The van der Waals surface area contributed by atoms with Gasteiger partial charge in [0.1, 0.15) is 24.4 Å². The van der Waals surface area contributed by atoms with E-state index in [-0.39, 0.29) is 11.7 Å². The number of ether oxygens (including phenoxy) is 1. The minimum Gasteiger partial charge on any atom is -0.496 e. The molecule has 0 unspecified atom stereocenters. The van der Waals surface area contributed by atoms with Gasteiger partial charge in [0.15, 0.2) is 6.04 Å². The maximum Gasteiger partial charge on any atom is 0.336 e. The summed E-state index contributed by atoms with van der Waals surface area (Å²) in [6, 6.07) is 22.2. The molecule has 154 valence electrons. The summed E-state index contributed by atoms with van der Waals surface area (Å²) in [5.74, 6) is 0.911. The molecule has 0 aliphatic rings. The standard InChI is InChI=1S/C25H26N2O3/c1-27(2)21(20-10-6-7-11-22(20)29-3)16-26-15-18-14-24(28)30-23-13-12-17-8-4-5-9-19(17)25(18)23/h4-14,21,26H,15-16H2,1-3H3/p+2/t21-/m0/s1. The van der Waals surface area contributed by atoms with Gasteiger partial charge in [0.05, 0.1) is 26.8 Å². The van der Waals surface area contributed by atoms with E-state index in [9.17, 15) is 4.79 Å². The Kier molecular flexibility index (Phi) is 5.84. The van der Waals surface area contributed by atoms with Crippen molar-refractivity contribution in [2.45, 2.75) is 12.6 Å². The predicted octanol–water partition coefficient (Wildman–Crippen LogP) is 1.90. The van der Waals surface area contributed by atoms with Gasteiger partial charge in [-0.3, -0.25) is 0 Å². The Balaban J connectivity index is 1.64. The van der Waals surface area contributed by atoms with Crippen LogP contribution in [0.25, 0.3) is 21.7 Å². The van der Waals surface area contributed by atoms with E-state index in [1.807, 2.05) is 36.4 Å². The van der Waals surface area contributed by atoms with E-state index < -0.39 is 0 Å². The average Bonchev–Trinajstić information content (AvgIpc) is 2.76. The second kappa shape index (κ2) is 8.69. The second-order valence-corrected chi connectivity index (χ2v) is 7.85. The first kappa shape index (κ1) is 20.1. The summed E-state index contributed by atoms with van der Waals surface area (Å²) in [6.45, 7) is 1.57. The van der Waals surface area contributed by atoms with Gasteiger partial charge in [0.2, 0.25) is 0 Å². The fourth-order valence-corrected chi connectivity index (χ4v) is 4.21. The van der Waals surface area contributed by atoms with Crippen LogP contribution in [0.4, 0.5) is 0 Å². The highest BCUT2D eigenvalue weighted by Gasteiger charge is 2.23. The van der Waals surface area contributed by atoms with Crippen LogP contribution >= 0.6 is 0 Å². The molecule has 0 saturated heterocycles. The van der Waals surface area contributed by atoms with Gasteiger partial charge in [-0.25, -0.2) is 4.79 Å². The SMILES string of the molecule is COc1ccccc1[C@H](C[NH2+]Cc1cc(=O)oc2ccc3ccccc3c12)[NH+](C)C. The van der Waals surface area contributed by atoms with Crippen LogP contribution in [0.3, 0.4) is 0 Å². The number of fused-ring (bicyclic) bond motifs is 3. The molecule has 4 aromatic rings. The molecule has 3 aromatic carbocycles. The molecule has 0 radical (unpaired) electrons. The van der Waals surface area contributed by atoms with E-state index in [1.165, 1.54) is 10.5 Å². The van der Waals surface area contributed by atoms with Gasteiger partial charge in [-0.2, -0.15) is 0 Å². The van der Waals surface area contributed by atoms with E-state index in [2.05, 4.69) is 43.7 Å². The first-order valence-electron chi connectivity index (χ1n) is 10.3. The number of hydrogen-bond acceptors (Lipinski definition) is 3. The number of benzene rings is 3. The summed E-state index contributed by atoms with van der Waals surface area (Å²) < 4.78 is 11.1. The lowest BCUT2D eigenvalue weighted by Crippen LogP contribution is -3.09. The van der Waals surface area contributed by atoms with Crippen molar-refractivity contribution in [2.75, 3.05) is 27.7 Å². The largest absolute Gasteiger partial charge is 0.496 e. The van der Waals surface area contributed by atoms with Crippen LogP contribution in [0, 0.1) is 0 Å². The fourth-order valence-electron chi connectivity index (χ4n) is 4.21. The molecule has 1 heterocycles. The minimum absolute atomic E-state index is 0.268. The molecule has 1 aromatic heterocycles. The van der Waals surface area contributed by atoms with Crippen LogP contribution in [0.5, 0.6) is 5.75 Å². The van der Waals surface area contributed by atoms with Crippen LogP contribution in [-0.4, -0.2) is 27.7 Å². The number of methoxy groups -OCH3 is 1. The normalized spacial score (nSPS) is 12.5. The highest BCUT2D eigenvalue weighted by Crippen LogP contribution is 2.27. The van der Waals surface area contributed by atoms with Crippen molar-refractivity contribution in [1.82, 2.24) is 0 Å². The highest BCUT2D eigenvalue weighted by atomic mass is 16.5. The van der Waals surface area contributed by atoms with Gasteiger partial charge >= 0.3 is 5.63 Å². The third kappa shape index (κ3) is 3.95. The molecule has 30 heavy (non-hydrogen) atoms. The van der Waals surface area contributed by atoms with E-state index in [4.69, 9.17) is 9.15 Å². The molecule has 3 N–H and O–H groups in total.